The Bertz CT molecular complexity index is 1020. The third-order valence-electron chi connectivity index (χ3n) is 5.14. The summed E-state index contributed by atoms with van der Waals surface area (Å²) in [6, 6.07) is 14.5. The number of amides is 2. The van der Waals surface area contributed by atoms with E-state index in [2.05, 4.69) is 5.32 Å². The first-order chi connectivity index (χ1) is 15.0. The molecule has 160 valence electrons. The van der Waals surface area contributed by atoms with E-state index in [1.165, 1.54) is 6.08 Å². The van der Waals surface area contributed by atoms with Crippen LogP contribution in [0.2, 0.25) is 0 Å². The van der Waals surface area contributed by atoms with Gasteiger partial charge in [-0.25, -0.2) is 0 Å². The van der Waals surface area contributed by atoms with Gasteiger partial charge in [0.15, 0.2) is 6.61 Å². The van der Waals surface area contributed by atoms with Gasteiger partial charge in [0.05, 0.1) is 13.2 Å². The van der Waals surface area contributed by atoms with Crippen LogP contribution in [0.15, 0.2) is 48.0 Å². The van der Waals surface area contributed by atoms with Crippen molar-refractivity contribution >= 4 is 23.6 Å². The number of carbonyl (C=O) groups excluding carboxylic acids is 2. The van der Waals surface area contributed by atoms with Gasteiger partial charge < -0.3 is 19.7 Å². The largest absolute Gasteiger partial charge is 0.484 e. The molecule has 2 aromatic carbocycles. The standard InChI is InChI=1S/C24H25N3O4/c1-17-4-3-5-22(18(17)2)26-24(29)20(15-25)14-19-6-8-21(9-7-19)31-16-23(28)27-10-12-30-13-11-27/h3-9,14H,10-13,16H2,1-2H3,(H,26,29)/b20-14-. The van der Waals surface area contributed by atoms with Crippen molar-refractivity contribution in [3.63, 3.8) is 0 Å². The number of morpholine rings is 1. The van der Waals surface area contributed by atoms with E-state index in [1.807, 2.05) is 32.0 Å². The Labute approximate surface area is 181 Å². The molecule has 1 aliphatic rings. The molecule has 1 fully saturated rings. The smallest absolute Gasteiger partial charge is 0.266 e. The zero-order valence-corrected chi connectivity index (χ0v) is 17.7. The average Bonchev–Trinajstić information content (AvgIpc) is 2.80. The van der Waals surface area contributed by atoms with Crippen molar-refractivity contribution in [3.05, 3.63) is 64.7 Å². The molecule has 7 heteroatoms. The fraction of sp³-hybridized carbons (Fsp3) is 0.292. The average molecular weight is 419 g/mol. The molecule has 7 nitrogen and oxygen atoms in total. The lowest BCUT2D eigenvalue weighted by atomic mass is 10.1. The molecule has 0 radical (unpaired) electrons. The van der Waals surface area contributed by atoms with Crippen molar-refractivity contribution in [3.8, 4) is 11.8 Å². The lowest BCUT2D eigenvalue weighted by Gasteiger charge is -2.26. The molecule has 3 rings (SSSR count). The Morgan fingerprint density at radius 1 is 1.16 bits per heavy atom. The molecule has 31 heavy (non-hydrogen) atoms. The first-order valence-electron chi connectivity index (χ1n) is 10.1. The Kier molecular flexibility index (Phi) is 7.41. The predicted molar refractivity (Wildman–Crippen MR) is 117 cm³/mol. The van der Waals surface area contributed by atoms with Gasteiger partial charge in [-0.05, 0) is 54.8 Å². The maximum atomic E-state index is 12.5. The van der Waals surface area contributed by atoms with Gasteiger partial charge in [0, 0.05) is 18.8 Å². The highest BCUT2D eigenvalue weighted by atomic mass is 16.5. The van der Waals surface area contributed by atoms with E-state index in [0.29, 0.717) is 43.3 Å². The number of nitriles is 1. The second-order valence-electron chi connectivity index (χ2n) is 7.22. The number of rotatable bonds is 6. The number of carbonyl (C=O) groups is 2. The van der Waals surface area contributed by atoms with Gasteiger partial charge in [-0.1, -0.05) is 24.3 Å². The van der Waals surface area contributed by atoms with Crippen LogP contribution in [0.4, 0.5) is 5.69 Å². The molecule has 0 aromatic heterocycles. The van der Waals surface area contributed by atoms with E-state index in [0.717, 1.165) is 11.1 Å². The maximum absolute atomic E-state index is 12.5. The van der Waals surface area contributed by atoms with Crippen molar-refractivity contribution in [2.24, 2.45) is 0 Å². The van der Waals surface area contributed by atoms with Crippen LogP contribution in [-0.4, -0.2) is 49.6 Å². The van der Waals surface area contributed by atoms with Crippen molar-refractivity contribution in [2.45, 2.75) is 13.8 Å². The Balaban J connectivity index is 1.61. The zero-order valence-electron chi connectivity index (χ0n) is 17.7. The van der Waals surface area contributed by atoms with E-state index in [1.54, 1.807) is 35.2 Å². The molecule has 1 heterocycles. The summed E-state index contributed by atoms with van der Waals surface area (Å²) >= 11 is 0. The zero-order chi connectivity index (χ0) is 22.2. The molecule has 2 amide bonds. The molecular weight excluding hydrogens is 394 g/mol. The quantitative estimate of drug-likeness (QED) is 0.574. The van der Waals surface area contributed by atoms with Gasteiger partial charge in [-0.15, -0.1) is 0 Å². The van der Waals surface area contributed by atoms with Gasteiger partial charge in [0.2, 0.25) is 0 Å². The number of benzene rings is 2. The van der Waals surface area contributed by atoms with E-state index in [-0.39, 0.29) is 18.1 Å². The first-order valence-corrected chi connectivity index (χ1v) is 10.1. The topological polar surface area (TPSA) is 91.7 Å². The molecule has 1 aliphatic heterocycles. The van der Waals surface area contributed by atoms with Crippen LogP contribution in [-0.2, 0) is 14.3 Å². The van der Waals surface area contributed by atoms with Gasteiger partial charge in [0.1, 0.15) is 17.4 Å². The Hall–Kier alpha value is -3.63. The molecular formula is C24H25N3O4. The monoisotopic (exact) mass is 419 g/mol. The van der Waals surface area contributed by atoms with Gasteiger partial charge in [-0.2, -0.15) is 5.26 Å². The third-order valence-corrected chi connectivity index (χ3v) is 5.14. The van der Waals surface area contributed by atoms with Gasteiger partial charge >= 0.3 is 0 Å². The maximum Gasteiger partial charge on any atom is 0.266 e. The van der Waals surface area contributed by atoms with Crippen molar-refractivity contribution in [1.82, 2.24) is 4.90 Å². The summed E-state index contributed by atoms with van der Waals surface area (Å²) in [5.41, 5.74) is 3.38. The Morgan fingerprint density at radius 3 is 2.55 bits per heavy atom. The van der Waals surface area contributed by atoms with Crippen LogP contribution in [0, 0.1) is 25.2 Å². The van der Waals surface area contributed by atoms with Crippen LogP contribution in [0.3, 0.4) is 0 Å². The summed E-state index contributed by atoms with van der Waals surface area (Å²) < 4.78 is 10.8. The SMILES string of the molecule is Cc1cccc(NC(=O)/C(C#N)=C\c2ccc(OCC(=O)N3CCOCC3)cc2)c1C. The fourth-order valence-electron chi connectivity index (χ4n) is 3.10. The highest BCUT2D eigenvalue weighted by molar-refractivity contribution is 6.10. The van der Waals surface area contributed by atoms with E-state index < -0.39 is 5.91 Å². The molecule has 0 spiro atoms. The highest BCUT2D eigenvalue weighted by Gasteiger charge is 2.17. The van der Waals surface area contributed by atoms with Crippen LogP contribution < -0.4 is 10.1 Å². The van der Waals surface area contributed by atoms with Crippen LogP contribution in [0.1, 0.15) is 16.7 Å². The molecule has 0 bridgehead atoms. The summed E-state index contributed by atoms with van der Waals surface area (Å²) in [6.07, 6.45) is 1.52. The minimum atomic E-state index is -0.465. The minimum absolute atomic E-state index is 0.00271. The number of aryl methyl sites for hydroxylation is 1. The number of anilines is 1. The fourth-order valence-corrected chi connectivity index (χ4v) is 3.10. The van der Waals surface area contributed by atoms with Gasteiger partial charge in [0.25, 0.3) is 11.8 Å². The summed E-state index contributed by atoms with van der Waals surface area (Å²) in [4.78, 5) is 26.4. The van der Waals surface area contributed by atoms with E-state index >= 15 is 0 Å². The van der Waals surface area contributed by atoms with E-state index in [9.17, 15) is 14.9 Å². The van der Waals surface area contributed by atoms with Crippen LogP contribution in [0.25, 0.3) is 6.08 Å². The Morgan fingerprint density at radius 2 is 1.87 bits per heavy atom. The minimum Gasteiger partial charge on any atom is -0.484 e. The molecule has 2 aromatic rings. The van der Waals surface area contributed by atoms with Crippen molar-refractivity contribution in [1.29, 1.82) is 5.26 Å². The predicted octanol–water partition coefficient (Wildman–Crippen LogP) is 3.09. The molecule has 0 aliphatic carbocycles. The first kappa shape index (κ1) is 22.1. The number of hydrogen-bond acceptors (Lipinski definition) is 5. The van der Waals surface area contributed by atoms with Crippen molar-refractivity contribution in [2.75, 3.05) is 38.2 Å². The van der Waals surface area contributed by atoms with Crippen LogP contribution in [0.5, 0.6) is 5.75 Å². The molecule has 1 saturated heterocycles. The molecule has 1 N–H and O–H groups in total. The molecule has 0 saturated carbocycles. The number of ether oxygens (including phenoxy) is 2. The van der Waals surface area contributed by atoms with Crippen molar-refractivity contribution < 1.29 is 19.1 Å². The number of nitrogens with one attached hydrogen (secondary N) is 1. The summed E-state index contributed by atoms with van der Waals surface area (Å²) in [6.45, 7) is 6.08. The van der Waals surface area contributed by atoms with E-state index in [4.69, 9.17) is 9.47 Å². The normalized spacial score (nSPS) is 14.0. The van der Waals surface area contributed by atoms with Crippen LogP contribution >= 0.6 is 0 Å². The highest BCUT2D eigenvalue weighted by Crippen LogP contribution is 2.20. The number of nitrogens with zero attached hydrogens (tertiary/aromatic N) is 2. The number of hydrogen-bond donors (Lipinski definition) is 1. The molecule has 0 atom stereocenters. The summed E-state index contributed by atoms with van der Waals surface area (Å²) in [5, 5.41) is 12.2. The third kappa shape index (κ3) is 5.93. The lowest BCUT2D eigenvalue weighted by molar-refractivity contribution is -0.137. The lowest BCUT2D eigenvalue weighted by Crippen LogP contribution is -2.42. The summed E-state index contributed by atoms with van der Waals surface area (Å²) in [5.74, 6) is -0.00751. The molecule has 0 unspecified atom stereocenters. The van der Waals surface area contributed by atoms with Gasteiger partial charge in [-0.3, -0.25) is 9.59 Å². The second-order valence-corrected chi connectivity index (χ2v) is 7.22. The second kappa shape index (κ2) is 10.4. The summed E-state index contributed by atoms with van der Waals surface area (Å²) in [7, 11) is 0.